The third kappa shape index (κ3) is 3.86. The fourth-order valence-electron chi connectivity index (χ4n) is 3.76. The Hall–Kier alpha value is -3.38. The number of hydrogen-bond donors (Lipinski definition) is 1. The molecule has 4 aromatic rings. The zero-order valence-electron chi connectivity index (χ0n) is 16.3. The first-order chi connectivity index (χ1) is 14.8. The topological polar surface area (TPSA) is 54.5 Å². The van der Waals surface area contributed by atoms with Crippen LogP contribution in [0.4, 0.5) is 10.8 Å². The van der Waals surface area contributed by atoms with Crippen LogP contribution in [0.2, 0.25) is 0 Å². The van der Waals surface area contributed by atoms with E-state index in [4.69, 9.17) is 4.74 Å². The Labute approximate surface area is 178 Å². The summed E-state index contributed by atoms with van der Waals surface area (Å²) in [6, 6.07) is 26.1. The van der Waals surface area contributed by atoms with Crippen molar-refractivity contribution in [2.45, 2.75) is 19.0 Å². The van der Waals surface area contributed by atoms with Gasteiger partial charge in [-0.15, -0.1) is 0 Å². The molecule has 0 aliphatic carbocycles. The SMILES string of the molecule is O=C(C[C@H]1COc2ccccc2N1Cc1ccccc1)Nc1nc2ccccc2s1. The molecule has 1 aromatic heterocycles. The van der Waals surface area contributed by atoms with E-state index in [0.29, 0.717) is 18.2 Å². The third-order valence-electron chi connectivity index (χ3n) is 5.20. The summed E-state index contributed by atoms with van der Waals surface area (Å²) in [6.07, 6.45) is 0.330. The number of nitrogens with one attached hydrogen (secondary N) is 1. The van der Waals surface area contributed by atoms with Crippen molar-refractivity contribution in [2.24, 2.45) is 0 Å². The first-order valence-corrected chi connectivity index (χ1v) is 10.8. The summed E-state index contributed by atoms with van der Waals surface area (Å²) >= 11 is 1.49. The van der Waals surface area contributed by atoms with Gasteiger partial charge in [-0.05, 0) is 29.8 Å². The highest BCUT2D eigenvalue weighted by molar-refractivity contribution is 7.22. The third-order valence-corrected chi connectivity index (χ3v) is 6.16. The van der Waals surface area contributed by atoms with Gasteiger partial charge in [-0.1, -0.05) is 65.9 Å². The van der Waals surface area contributed by atoms with E-state index in [-0.39, 0.29) is 11.9 Å². The predicted molar refractivity (Wildman–Crippen MR) is 121 cm³/mol. The first kappa shape index (κ1) is 18.6. The van der Waals surface area contributed by atoms with E-state index in [1.54, 1.807) is 0 Å². The van der Waals surface area contributed by atoms with Crippen LogP contribution in [0.15, 0.2) is 78.9 Å². The number of rotatable bonds is 5. The van der Waals surface area contributed by atoms with Gasteiger partial charge >= 0.3 is 0 Å². The molecular weight excluding hydrogens is 394 g/mol. The summed E-state index contributed by atoms with van der Waals surface area (Å²) in [5.74, 6) is 0.802. The molecule has 1 atom stereocenters. The van der Waals surface area contributed by atoms with Gasteiger partial charge in [0, 0.05) is 6.54 Å². The van der Waals surface area contributed by atoms with Gasteiger partial charge in [0.1, 0.15) is 12.4 Å². The fraction of sp³-hybridized carbons (Fsp3) is 0.167. The van der Waals surface area contributed by atoms with Crippen molar-refractivity contribution in [2.75, 3.05) is 16.8 Å². The van der Waals surface area contributed by atoms with Crippen LogP contribution >= 0.6 is 11.3 Å². The fourth-order valence-corrected chi connectivity index (χ4v) is 4.64. The quantitative estimate of drug-likeness (QED) is 0.493. The summed E-state index contributed by atoms with van der Waals surface area (Å²) < 4.78 is 7.03. The van der Waals surface area contributed by atoms with Crippen LogP contribution in [0.25, 0.3) is 10.2 Å². The lowest BCUT2D eigenvalue weighted by molar-refractivity contribution is -0.116. The monoisotopic (exact) mass is 415 g/mol. The van der Waals surface area contributed by atoms with E-state index >= 15 is 0 Å². The summed E-state index contributed by atoms with van der Waals surface area (Å²) in [5, 5.41) is 3.61. The van der Waals surface area contributed by atoms with Gasteiger partial charge in [0.05, 0.1) is 28.4 Å². The van der Waals surface area contributed by atoms with Crippen LogP contribution in [0.1, 0.15) is 12.0 Å². The molecule has 5 nitrogen and oxygen atoms in total. The number of fused-ring (bicyclic) bond motifs is 2. The second-order valence-electron chi connectivity index (χ2n) is 7.29. The number of carbonyl (C=O) groups excluding carboxylic acids is 1. The average Bonchev–Trinajstić information content (AvgIpc) is 3.18. The molecule has 1 aliphatic rings. The molecular formula is C24H21N3O2S. The van der Waals surface area contributed by atoms with E-state index in [0.717, 1.165) is 28.2 Å². The van der Waals surface area contributed by atoms with Crippen LogP contribution in [-0.2, 0) is 11.3 Å². The lowest BCUT2D eigenvalue weighted by Crippen LogP contribution is -2.44. The minimum Gasteiger partial charge on any atom is -0.489 e. The van der Waals surface area contributed by atoms with Crippen LogP contribution in [-0.4, -0.2) is 23.5 Å². The Balaban J connectivity index is 1.35. The molecule has 5 rings (SSSR count). The predicted octanol–water partition coefficient (Wildman–Crippen LogP) is 5.09. The van der Waals surface area contributed by atoms with Gasteiger partial charge in [-0.2, -0.15) is 0 Å². The van der Waals surface area contributed by atoms with Crippen LogP contribution in [0, 0.1) is 0 Å². The lowest BCUT2D eigenvalue weighted by Gasteiger charge is -2.38. The molecule has 2 heterocycles. The molecule has 0 radical (unpaired) electrons. The van der Waals surface area contributed by atoms with E-state index in [2.05, 4.69) is 33.4 Å². The Bertz CT molecular complexity index is 1140. The van der Waals surface area contributed by atoms with Gasteiger partial charge in [0.25, 0.3) is 0 Å². The number of amides is 1. The number of thiazole rings is 1. The highest BCUT2D eigenvalue weighted by Gasteiger charge is 2.29. The summed E-state index contributed by atoms with van der Waals surface area (Å²) in [6.45, 7) is 1.19. The molecule has 1 N–H and O–H groups in total. The Kier molecular flexibility index (Phi) is 5.07. The highest BCUT2D eigenvalue weighted by Crippen LogP contribution is 2.35. The van der Waals surface area contributed by atoms with Gasteiger partial charge in [0.2, 0.25) is 5.91 Å². The molecule has 1 amide bonds. The zero-order valence-corrected chi connectivity index (χ0v) is 17.1. The number of nitrogens with zero attached hydrogens (tertiary/aromatic N) is 2. The Morgan fingerprint density at radius 3 is 2.67 bits per heavy atom. The Morgan fingerprint density at radius 1 is 1.03 bits per heavy atom. The molecule has 0 saturated heterocycles. The molecule has 0 fully saturated rings. The van der Waals surface area contributed by atoms with Crippen molar-refractivity contribution in [1.29, 1.82) is 0 Å². The van der Waals surface area contributed by atoms with E-state index in [9.17, 15) is 4.79 Å². The van der Waals surface area contributed by atoms with Gasteiger partial charge < -0.3 is 15.0 Å². The molecule has 30 heavy (non-hydrogen) atoms. The lowest BCUT2D eigenvalue weighted by atomic mass is 10.1. The smallest absolute Gasteiger partial charge is 0.228 e. The molecule has 0 spiro atoms. The zero-order chi connectivity index (χ0) is 20.3. The standard InChI is InChI=1S/C24H21N3O2S/c28-23(26-24-25-19-10-4-7-13-22(19)30-24)14-18-16-29-21-12-6-5-11-20(21)27(18)15-17-8-2-1-3-9-17/h1-13,18H,14-16H2,(H,25,26,28)/t18-/m0/s1. The molecule has 0 bridgehead atoms. The second-order valence-corrected chi connectivity index (χ2v) is 8.32. The van der Waals surface area contributed by atoms with Crippen molar-refractivity contribution in [3.05, 3.63) is 84.4 Å². The number of carbonyl (C=O) groups is 1. The van der Waals surface area contributed by atoms with E-state index < -0.39 is 0 Å². The largest absolute Gasteiger partial charge is 0.489 e. The highest BCUT2D eigenvalue weighted by atomic mass is 32.1. The number of hydrogen-bond acceptors (Lipinski definition) is 5. The number of ether oxygens (including phenoxy) is 1. The van der Waals surface area contributed by atoms with Crippen molar-refractivity contribution >= 4 is 38.3 Å². The van der Waals surface area contributed by atoms with Crippen LogP contribution in [0.5, 0.6) is 5.75 Å². The van der Waals surface area contributed by atoms with Crippen LogP contribution < -0.4 is 15.0 Å². The summed E-state index contributed by atoms with van der Waals surface area (Å²) in [7, 11) is 0. The average molecular weight is 416 g/mol. The molecule has 0 unspecified atom stereocenters. The number of anilines is 2. The maximum absolute atomic E-state index is 12.8. The minimum absolute atomic E-state index is 0.0555. The number of aromatic nitrogens is 1. The van der Waals surface area contributed by atoms with Crippen LogP contribution in [0.3, 0.4) is 0 Å². The molecule has 150 valence electrons. The maximum Gasteiger partial charge on any atom is 0.228 e. The van der Waals surface area contributed by atoms with Crippen molar-refractivity contribution in [3.8, 4) is 5.75 Å². The number of benzene rings is 3. The molecule has 6 heteroatoms. The maximum atomic E-state index is 12.8. The first-order valence-electron chi connectivity index (χ1n) is 9.94. The van der Waals surface area contributed by atoms with Gasteiger partial charge in [-0.3, -0.25) is 4.79 Å². The van der Waals surface area contributed by atoms with Crippen molar-refractivity contribution in [1.82, 2.24) is 4.98 Å². The van der Waals surface area contributed by atoms with Crippen molar-refractivity contribution < 1.29 is 9.53 Å². The second kappa shape index (κ2) is 8.16. The molecule has 3 aromatic carbocycles. The summed E-state index contributed by atoms with van der Waals surface area (Å²) in [5.41, 5.74) is 3.12. The Morgan fingerprint density at radius 2 is 1.80 bits per heavy atom. The minimum atomic E-state index is -0.0607. The normalized spacial score (nSPS) is 15.5. The molecule has 0 saturated carbocycles. The van der Waals surface area contributed by atoms with Gasteiger partial charge in [0.15, 0.2) is 5.13 Å². The van der Waals surface area contributed by atoms with Gasteiger partial charge in [-0.25, -0.2) is 4.98 Å². The van der Waals surface area contributed by atoms with E-state index in [1.807, 2.05) is 60.7 Å². The van der Waals surface area contributed by atoms with E-state index in [1.165, 1.54) is 16.9 Å². The van der Waals surface area contributed by atoms with Crippen molar-refractivity contribution in [3.63, 3.8) is 0 Å². The number of para-hydroxylation sites is 3. The molecule has 1 aliphatic heterocycles. The summed E-state index contributed by atoms with van der Waals surface area (Å²) in [4.78, 5) is 19.6.